The van der Waals surface area contributed by atoms with Crippen molar-refractivity contribution in [3.8, 4) is 0 Å². The first kappa shape index (κ1) is 9.55. The summed E-state index contributed by atoms with van der Waals surface area (Å²) in [5, 5.41) is 3.52. The Bertz CT molecular complexity index is 338. The average Bonchev–Trinajstić information content (AvgIpc) is 2.82. The molecule has 0 saturated heterocycles. The van der Waals surface area contributed by atoms with Gasteiger partial charge in [0.1, 0.15) is 0 Å². The van der Waals surface area contributed by atoms with Crippen molar-refractivity contribution in [2.24, 2.45) is 0 Å². The molecule has 0 spiro atoms. The lowest BCUT2D eigenvalue weighted by Crippen LogP contribution is -2.06. The maximum atomic E-state index is 12.4. The van der Waals surface area contributed by atoms with Gasteiger partial charge in [0.25, 0.3) is 0 Å². The van der Waals surface area contributed by atoms with Gasteiger partial charge < -0.3 is 4.52 Å². The fourth-order valence-corrected chi connectivity index (χ4v) is 1.56. The molecule has 0 atom stereocenters. The van der Waals surface area contributed by atoms with Crippen molar-refractivity contribution in [3.63, 3.8) is 0 Å². The van der Waals surface area contributed by atoms with Gasteiger partial charge in [0, 0.05) is 11.5 Å². The van der Waals surface area contributed by atoms with Crippen molar-refractivity contribution < 1.29 is 17.7 Å². The number of rotatable bonds is 2. The molecule has 1 aromatic rings. The van der Waals surface area contributed by atoms with Gasteiger partial charge in [-0.05, 0) is 19.3 Å². The van der Waals surface area contributed by atoms with E-state index >= 15 is 0 Å². The lowest BCUT2D eigenvalue weighted by molar-refractivity contribution is -0.156. The van der Waals surface area contributed by atoms with Crippen LogP contribution < -0.4 is 0 Å². The zero-order chi connectivity index (χ0) is 10.3. The van der Waals surface area contributed by atoms with E-state index in [9.17, 15) is 13.2 Å². The Morgan fingerprint density at radius 3 is 2.50 bits per heavy atom. The molecule has 0 unspecified atom stereocenters. The highest BCUT2D eigenvalue weighted by atomic mass is 19.4. The number of hydrogen-bond donors (Lipinski definition) is 0. The summed E-state index contributed by atoms with van der Waals surface area (Å²) in [5.41, 5.74) is 0.750. The highest BCUT2D eigenvalue weighted by Gasteiger charge is 2.42. The molecule has 14 heavy (non-hydrogen) atoms. The summed E-state index contributed by atoms with van der Waals surface area (Å²) in [6.45, 7) is 1.69. The molecule has 1 saturated carbocycles. The van der Waals surface area contributed by atoms with Crippen LogP contribution in [0.1, 0.15) is 42.7 Å². The summed E-state index contributed by atoms with van der Waals surface area (Å²) in [7, 11) is 0. The Hall–Kier alpha value is -1.00. The second kappa shape index (κ2) is 3.00. The normalized spacial score (nSPS) is 17.4. The SMILES string of the molecule is CCc1c(C2CC2)noc1C(F)(F)F. The quantitative estimate of drug-likeness (QED) is 0.741. The topological polar surface area (TPSA) is 26.0 Å². The molecule has 1 aliphatic carbocycles. The lowest BCUT2D eigenvalue weighted by atomic mass is 10.1. The minimum absolute atomic E-state index is 0.199. The monoisotopic (exact) mass is 205 g/mol. The molecule has 0 N–H and O–H groups in total. The van der Waals surface area contributed by atoms with Crippen molar-refractivity contribution in [3.05, 3.63) is 17.0 Å². The van der Waals surface area contributed by atoms with Crippen LogP contribution in [0.4, 0.5) is 13.2 Å². The van der Waals surface area contributed by atoms with E-state index in [1.165, 1.54) is 0 Å². The van der Waals surface area contributed by atoms with Crippen LogP contribution in [-0.4, -0.2) is 5.16 Å². The molecular weight excluding hydrogens is 195 g/mol. The molecule has 78 valence electrons. The maximum Gasteiger partial charge on any atom is 0.452 e. The zero-order valence-electron chi connectivity index (χ0n) is 7.69. The molecule has 1 fully saturated rings. The van der Waals surface area contributed by atoms with E-state index in [1.807, 2.05) is 0 Å². The fraction of sp³-hybridized carbons (Fsp3) is 0.667. The first-order chi connectivity index (χ1) is 6.54. The Morgan fingerprint density at radius 1 is 1.43 bits per heavy atom. The van der Waals surface area contributed by atoms with Gasteiger partial charge in [-0.15, -0.1) is 0 Å². The third-order valence-electron chi connectivity index (χ3n) is 2.39. The largest absolute Gasteiger partial charge is 0.452 e. The summed E-state index contributed by atoms with van der Waals surface area (Å²) >= 11 is 0. The number of hydrogen-bond acceptors (Lipinski definition) is 2. The summed E-state index contributed by atoms with van der Waals surface area (Å²) < 4.78 is 41.6. The van der Waals surface area contributed by atoms with Gasteiger partial charge in [-0.1, -0.05) is 12.1 Å². The number of nitrogens with zero attached hydrogens (tertiary/aromatic N) is 1. The van der Waals surface area contributed by atoms with Crippen LogP contribution in [0, 0.1) is 0 Å². The van der Waals surface area contributed by atoms with E-state index < -0.39 is 11.9 Å². The zero-order valence-corrected chi connectivity index (χ0v) is 7.69. The molecule has 2 nitrogen and oxygen atoms in total. The van der Waals surface area contributed by atoms with E-state index in [0.29, 0.717) is 12.1 Å². The lowest BCUT2D eigenvalue weighted by Gasteiger charge is -2.03. The summed E-state index contributed by atoms with van der Waals surface area (Å²) in [5.74, 6) is -0.716. The van der Waals surface area contributed by atoms with E-state index in [0.717, 1.165) is 12.8 Å². The predicted octanol–water partition coefficient (Wildman–Crippen LogP) is 3.13. The molecule has 1 heterocycles. The van der Waals surface area contributed by atoms with Crippen LogP contribution in [0.25, 0.3) is 0 Å². The van der Waals surface area contributed by atoms with Gasteiger partial charge in [0.05, 0.1) is 5.69 Å². The maximum absolute atomic E-state index is 12.4. The van der Waals surface area contributed by atoms with Gasteiger partial charge >= 0.3 is 6.18 Å². The summed E-state index contributed by atoms with van der Waals surface area (Å²) in [4.78, 5) is 0. The van der Waals surface area contributed by atoms with Crippen LogP contribution >= 0.6 is 0 Å². The minimum Gasteiger partial charge on any atom is -0.351 e. The van der Waals surface area contributed by atoms with Gasteiger partial charge in [-0.3, -0.25) is 0 Å². The van der Waals surface area contributed by atoms with Crippen molar-refractivity contribution in [2.75, 3.05) is 0 Å². The molecule has 0 aliphatic heterocycles. The van der Waals surface area contributed by atoms with Crippen LogP contribution in [0.5, 0.6) is 0 Å². The smallest absolute Gasteiger partial charge is 0.351 e. The molecular formula is C9H10F3NO. The Balaban J connectivity index is 2.41. The van der Waals surface area contributed by atoms with Gasteiger partial charge in [0.15, 0.2) is 0 Å². The summed E-state index contributed by atoms with van der Waals surface area (Å²) in [6.07, 6.45) is -2.23. The third kappa shape index (κ3) is 1.51. The van der Waals surface area contributed by atoms with Gasteiger partial charge in [-0.25, -0.2) is 0 Å². The first-order valence-electron chi connectivity index (χ1n) is 4.59. The van der Waals surface area contributed by atoms with Crippen molar-refractivity contribution in [2.45, 2.75) is 38.3 Å². The molecule has 5 heteroatoms. The van der Waals surface area contributed by atoms with Crippen LogP contribution in [0.15, 0.2) is 4.52 Å². The second-order valence-electron chi connectivity index (χ2n) is 3.50. The summed E-state index contributed by atoms with van der Waals surface area (Å²) in [6, 6.07) is 0. The second-order valence-corrected chi connectivity index (χ2v) is 3.50. The van der Waals surface area contributed by atoms with E-state index in [2.05, 4.69) is 9.68 Å². The van der Waals surface area contributed by atoms with Crippen LogP contribution in [-0.2, 0) is 12.6 Å². The van der Waals surface area contributed by atoms with Crippen molar-refractivity contribution in [1.29, 1.82) is 0 Å². The highest BCUT2D eigenvalue weighted by Crippen LogP contribution is 2.44. The van der Waals surface area contributed by atoms with Crippen LogP contribution in [0.3, 0.4) is 0 Å². The van der Waals surface area contributed by atoms with E-state index in [-0.39, 0.29) is 11.5 Å². The van der Waals surface area contributed by atoms with Crippen molar-refractivity contribution in [1.82, 2.24) is 5.16 Å². The molecule has 0 amide bonds. The number of halogens is 3. The molecule has 0 aromatic carbocycles. The predicted molar refractivity (Wildman–Crippen MR) is 42.9 cm³/mol. The third-order valence-corrected chi connectivity index (χ3v) is 2.39. The average molecular weight is 205 g/mol. The Kier molecular flexibility index (Phi) is 2.05. The number of alkyl halides is 3. The molecule has 2 rings (SSSR count). The minimum atomic E-state index is -4.41. The van der Waals surface area contributed by atoms with E-state index in [4.69, 9.17) is 0 Å². The first-order valence-corrected chi connectivity index (χ1v) is 4.59. The molecule has 0 bridgehead atoms. The van der Waals surface area contributed by atoms with Crippen LogP contribution in [0.2, 0.25) is 0 Å². The highest BCUT2D eigenvalue weighted by molar-refractivity contribution is 5.30. The fourth-order valence-electron chi connectivity index (χ4n) is 1.56. The van der Waals surface area contributed by atoms with Gasteiger partial charge in [-0.2, -0.15) is 13.2 Å². The molecule has 1 aliphatic rings. The number of aromatic nitrogens is 1. The molecule has 1 aromatic heterocycles. The standard InChI is InChI=1S/C9H10F3NO/c1-2-6-7(5-3-4-5)13-14-8(6)9(10,11)12/h5H,2-4H2,1H3. The Morgan fingerprint density at radius 2 is 2.07 bits per heavy atom. The van der Waals surface area contributed by atoms with Gasteiger partial charge in [0.2, 0.25) is 5.76 Å². The Labute approximate surface area is 79.1 Å². The van der Waals surface area contributed by atoms with Crippen molar-refractivity contribution >= 4 is 0 Å². The van der Waals surface area contributed by atoms with E-state index in [1.54, 1.807) is 6.92 Å². The molecule has 0 radical (unpaired) electrons.